The molecule has 1 aliphatic rings. The lowest BCUT2D eigenvalue weighted by molar-refractivity contribution is 0.243. The summed E-state index contributed by atoms with van der Waals surface area (Å²) in [5.41, 5.74) is 0.886. The highest BCUT2D eigenvalue weighted by Gasteiger charge is 2.19. The first-order valence-electron chi connectivity index (χ1n) is 7.33. The van der Waals surface area contributed by atoms with Gasteiger partial charge in [0, 0.05) is 51.9 Å². The topological polar surface area (TPSA) is 54.3 Å². The van der Waals surface area contributed by atoms with Crippen molar-refractivity contribution in [2.45, 2.75) is 6.54 Å². The molecule has 8 heteroatoms. The van der Waals surface area contributed by atoms with Crippen molar-refractivity contribution in [1.29, 1.82) is 0 Å². The van der Waals surface area contributed by atoms with Crippen LogP contribution in [0, 0.1) is 11.6 Å². The zero-order valence-electron chi connectivity index (χ0n) is 12.7. The van der Waals surface area contributed by atoms with Crippen LogP contribution in [0.4, 0.5) is 14.5 Å². The summed E-state index contributed by atoms with van der Waals surface area (Å²) >= 11 is 0. The van der Waals surface area contributed by atoms with Gasteiger partial charge in [-0.15, -0.1) is 0 Å². The van der Waals surface area contributed by atoms with E-state index in [0.717, 1.165) is 18.0 Å². The van der Waals surface area contributed by atoms with Gasteiger partial charge in [0.25, 0.3) is 5.56 Å². The summed E-state index contributed by atoms with van der Waals surface area (Å²) < 4.78 is 27.8. The van der Waals surface area contributed by atoms with Gasteiger partial charge in [-0.05, 0) is 0 Å². The molecule has 0 N–H and O–H groups in total. The molecule has 0 unspecified atom stereocenters. The minimum atomic E-state index is -0.672. The van der Waals surface area contributed by atoms with Crippen molar-refractivity contribution in [3.05, 3.63) is 52.2 Å². The Morgan fingerprint density at radius 1 is 1.13 bits per heavy atom. The van der Waals surface area contributed by atoms with E-state index in [4.69, 9.17) is 0 Å². The summed E-state index contributed by atoms with van der Waals surface area (Å²) in [6.45, 7) is 3.16. The Labute approximate surface area is 132 Å². The third-order valence-corrected chi connectivity index (χ3v) is 3.95. The van der Waals surface area contributed by atoms with Crippen molar-refractivity contribution in [1.82, 2.24) is 19.7 Å². The van der Waals surface area contributed by atoms with Gasteiger partial charge in [0.15, 0.2) is 0 Å². The second kappa shape index (κ2) is 6.41. The van der Waals surface area contributed by atoms with Gasteiger partial charge in [0.05, 0.1) is 23.8 Å². The summed E-state index contributed by atoms with van der Waals surface area (Å²) in [4.78, 5) is 19.6. The highest BCUT2D eigenvalue weighted by atomic mass is 19.1. The summed E-state index contributed by atoms with van der Waals surface area (Å²) in [5.74, 6) is -1.29. The van der Waals surface area contributed by atoms with Crippen LogP contribution in [0.25, 0.3) is 0 Å². The number of hydrogen-bond acceptors (Lipinski definition) is 5. The van der Waals surface area contributed by atoms with Crippen LogP contribution in [0.1, 0.15) is 5.69 Å². The number of hydrogen-bond donors (Lipinski definition) is 0. The molecule has 0 aliphatic carbocycles. The van der Waals surface area contributed by atoms with E-state index in [9.17, 15) is 13.6 Å². The molecule has 2 aromatic rings. The first kappa shape index (κ1) is 15.5. The monoisotopic (exact) mass is 321 g/mol. The van der Waals surface area contributed by atoms with E-state index in [1.807, 2.05) is 4.90 Å². The van der Waals surface area contributed by atoms with Crippen LogP contribution in [-0.4, -0.2) is 45.8 Å². The van der Waals surface area contributed by atoms with Crippen LogP contribution >= 0.6 is 0 Å². The van der Waals surface area contributed by atoms with Crippen LogP contribution < -0.4 is 10.5 Å². The molecule has 0 saturated carbocycles. The van der Waals surface area contributed by atoms with Crippen molar-refractivity contribution in [2.24, 2.45) is 7.05 Å². The summed E-state index contributed by atoms with van der Waals surface area (Å²) in [7, 11) is 1.61. The van der Waals surface area contributed by atoms with Gasteiger partial charge >= 0.3 is 0 Å². The van der Waals surface area contributed by atoms with E-state index in [1.54, 1.807) is 19.3 Å². The second-order valence-corrected chi connectivity index (χ2v) is 5.52. The Kier molecular flexibility index (Phi) is 4.33. The molecule has 3 rings (SSSR count). The van der Waals surface area contributed by atoms with Crippen LogP contribution in [0.5, 0.6) is 0 Å². The highest BCUT2D eigenvalue weighted by molar-refractivity contribution is 5.43. The molecule has 0 aromatic carbocycles. The lowest BCUT2D eigenvalue weighted by Crippen LogP contribution is -2.46. The molecule has 122 valence electrons. The molecule has 0 bridgehead atoms. The zero-order chi connectivity index (χ0) is 16.4. The van der Waals surface area contributed by atoms with Crippen molar-refractivity contribution in [3.63, 3.8) is 0 Å². The fraction of sp³-hybridized carbons (Fsp3) is 0.400. The number of halogens is 2. The maximum Gasteiger partial charge on any atom is 0.268 e. The van der Waals surface area contributed by atoms with E-state index in [-0.39, 0.29) is 11.3 Å². The molecular formula is C15H17F2N5O. The fourth-order valence-electron chi connectivity index (χ4n) is 2.57. The maximum absolute atomic E-state index is 13.6. The number of rotatable bonds is 3. The lowest BCUT2D eigenvalue weighted by atomic mass is 10.2. The van der Waals surface area contributed by atoms with Gasteiger partial charge in [0.2, 0.25) is 0 Å². The average Bonchev–Trinajstić information content (AvgIpc) is 2.53. The van der Waals surface area contributed by atoms with E-state index >= 15 is 0 Å². The molecule has 1 saturated heterocycles. The predicted molar refractivity (Wildman–Crippen MR) is 81.1 cm³/mol. The Hall–Kier alpha value is -2.35. The quantitative estimate of drug-likeness (QED) is 0.836. The number of pyridine rings is 1. The number of anilines is 1. The number of nitrogens with zero attached hydrogens (tertiary/aromatic N) is 5. The molecule has 3 heterocycles. The molecule has 0 atom stereocenters. The standard InChI is InChI=1S/C15H17F2N5O/c1-20-15(23)7-12(9-19-20)22-4-2-21(3-5-22)10-14-13(17)6-11(16)8-18-14/h6-9H,2-5,10H2,1H3. The highest BCUT2D eigenvalue weighted by Crippen LogP contribution is 2.15. The Morgan fingerprint density at radius 2 is 1.87 bits per heavy atom. The first-order chi connectivity index (χ1) is 11.0. The van der Waals surface area contributed by atoms with E-state index in [0.29, 0.717) is 32.7 Å². The van der Waals surface area contributed by atoms with Crippen LogP contribution in [-0.2, 0) is 13.6 Å². The Balaban J connectivity index is 1.62. The molecule has 6 nitrogen and oxygen atoms in total. The zero-order valence-corrected chi connectivity index (χ0v) is 12.7. The number of piperazine rings is 1. The van der Waals surface area contributed by atoms with Gasteiger partial charge in [-0.3, -0.25) is 14.7 Å². The Morgan fingerprint density at radius 3 is 2.52 bits per heavy atom. The normalized spacial score (nSPS) is 15.9. The SMILES string of the molecule is Cn1ncc(N2CCN(Cc3ncc(F)cc3F)CC2)cc1=O. The van der Waals surface area contributed by atoms with Gasteiger partial charge in [-0.2, -0.15) is 5.10 Å². The van der Waals surface area contributed by atoms with Gasteiger partial charge in [-0.1, -0.05) is 0 Å². The van der Waals surface area contributed by atoms with E-state index < -0.39 is 11.6 Å². The van der Waals surface area contributed by atoms with Gasteiger partial charge in [0.1, 0.15) is 11.6 Å². The molecule has 1 aliphatic heterocycles. The largest absolute Gasteiger partial charge is 0.368 e. The third kappa shape index (κ3) is 3.53. The van der Waals surface area contributed by atoms with Crippen molar-refractivity contribution in [2.75, 3.05) is 31.1 Å². The van der Waals surface area contributed by atoms with Crippen molar-refractivity contribution >= 4 is 5.69 Å². The first-order valence-corrected chi connectivity index (χ1v) is 7.33. The van der Waals surface area contributed by atoms with Gasteiger partial charge < -0.3 is 4.90 Å². The van der Waals surface area contributed by atoms with E-state index in [1.165, 1.54) is 4.68 Å². The van der Waals surface area contributed by atoms with Crippen molar-refractivity contribution < 1.29 is 8.78 Å². The molecule has 2 aromatic heterocycles. The van der Waals surface area contributed by atoms with Gasteiger partial charge in [-0.25, -0.2) is 13.5 Å². The van der Waals surface area contributed by atoms with E-state index in [2.05, 4.69) is 15.0 Å². The number of aromatic nitrogens is 3. The van der Waals surface area contributed by atoms with Crippen LogP contribution in [0.15, 0.2) is 29.3 Å². The Bertz CT molecular complexity index is 756. The smallest absolute Gasteiger partial charge is 0.268 e. The molecule has 0 amide bonds. The van der Waals surface area contributed by atoms with Crippen molar-refractivity contribution in [3.8, 4) is 0 Å². The van der Waals surface area contributed by atoms with Crippen LogP contribution in [0.2, 0.25) is 0 Å². The molecule has 23 heavy (non-hydrogen) atoms. The minimum Gasteiger partial charge on any atom is -0.368 e. The summed E-state index contributed by atoms with van der Waals surface area (Å²) in [6, 6.07) is 2.41. The molecule has 0 radical (unpaired) electrons. The average molecular weight is 321 g/mol. The fourth-order valence-corrected chi connectivity index (χ4v) is 2.57. The molecule has 0 spiro atoms. The third-order valence-electron chi connectivity index (χ3n) is 3.95. The summed E-state index contributed by atoms with van der Waals surface area (Å²) in [6.07, 6.45) is 2.69. The summed E-state index contributed by atoms with van der Waals surface area (Å²) in [5, 5.41) is 4.01. The minimum absolute atomic E-state index is 0.150. The predicted octanol–water partition coefficient (Wildman–Crippen LogP) is 0.776. The van der Waals surface area contributed by atoms with Crippen LogP contribution in [0.3, 0.4) is 0 Å². The lowest BCUT2D eigenvalue weighted by Gasteiger charge is -2.35. The second-order valence-electron chi connectivity index (χ2n) is 5.52. The molecule has 1 fully saturated rings. The number of aryl methyl sites for hydroxylation is 1. The maximum atomic E-state index is 13.6. The molecular weight excluding hydrogens is 304 g/mol.